The van der Waals surface area contributed by atoms with Gasteiger partial charge in [0.05, 0.1) is 12.8 Å². The van der Waals surface area contributed by atoms with Crippen molar-refractivity contribution in [2.45, 2.75) is 6.92 Å². The summed E-state index contributed by atoms with van der Waals surface area (Å²) in [5.41, 5.74) is 4.14. The van der Waals surface area contributed by atoms with Gasteiger partial charge in [0.2, 0.25) is 0 Å². The number of aromatic nitrogens is 1. The maximum absolute atomic E-state index is 13.1. The SMILES string of the molecule is COc1ccccc1N1CCN(C(=O)c2cc3cc(C)ccc3n2C)CC1. The van der Waals surface area contributed by atoms with E-state index in [1.54, 1.807) is 7.11 Å². The minimum atomic E-state index is 0.103. The molecular weight excluding hydrogens is 338 g/mol. The number of nitrogens with zero attached hydrogens (tertiary/aromatic N) is 3. The van der Waals surface area contributed by atoms with Crippen LogP contribution < -0.4 is 9.64 Å². The van der Waals surface area contributed by atoms with E-state index in [1.807, 2.05) is 40.8 Å². The highest BCUT2D eigenvalue weighted by Gasteiger charge is 2.25. The first-order chi connectivity index (χ1) is 13.1. The van der Waals surface area contributed by atoms with Gasteiger partial charge in [-0.15, -0.1) is 0 Å². The molecule has 0 aliphatic carbocycles. The summed E-state index contributed by atoms with van der Waals surface area (Å²) in [6, 6.07) is 16.4. The number of aryl methyl sites for hydroxylation is 2. The summed E-state index contributed by atoms with van der Waals surface area (Å²) in [7, 11) is 3.66. The predicted octanol–water partition coefficient (Wildman–Crippen LogP) is 3.46. The number of para-hydroxylation sites is 2. The molecular formula is C22H25N3O2. The number of hydrogen-bond acceptors (Lipinski definition) is 3. The third-order valence-corrected chi connectivity index (χ3v) is 5.41. The lowest BCUT2D eigenvalue weighted by Crippen LogP contribution is -2.49. The van der Waals surface area contributed by atoms with Crippen LogP contribution in [0.15, 0.2) is 48.5 Å². The number of piperazine rings is 1. The number of fused-ring (bicyclic) bond motifs is 1. The van der Waals surface area contributed by atoms with Gasteiger partial charge in [0, 0.05) is 44.1 Å². The van der Waals surface area contributed by atoms with E-state index >= 15 is 0 Å². The van der Waals surface area contributed by atoms with Crippen molar-refractivity contribution in [1.82, 2.24) is 9.47 Å². The number of methoxy groups -OCH3 is 1. The number of benzene rings is 2. The zero-order chi connectivity index (χ0) is 19.0. The second kappa shape index (κ2) is 6.99. The minimum absolute atomic E-state index is 0.103. The second-order valence-corrected chi connectivity index (χ2v) is 7.10. The number of carbonyl (C=O) groups is 1. The van der Waals surface area contributed by atoms with E-state index in [9.17, 15) is 4.79 Å². The quantitative estimate of drug-likeness (QED) is 0.715. The molecule has 0 N–H and O–H groups in total. The maximum atomic E-state index is 13.1. The topological polar surface area (TPSA) is 37.7 Å². The van der Waals surface area contributed by atoms with E-state index in [4.69, 9.17) is 4.74 Å². The molecule has 0 atom stereocenters. The first kappa shape index (κ1) is 17.5. The Morgan fingerprint density at radius 2 is 1.74 bits per heavy atom. The molecule has 5 heteroatoms. The molecule has 1 aromatic heterocycles. The first-order valence-electron chi connectivity index (χ1n) is 9.32. The Balaban J connectivity index is 1.51. The highest BCUT2D eigenvalue weighted by Crippen LogP contribution is 2.29. The van der Waals surface area contributed by atoms with Crippen LogP contribution in [0.5, 0.6) is 5.75 Å². The molecule has 0 unspecified atom stereocenters. The smallest absolute Gasteiger partial charge is 0.270 e. The van der Waals surface area contributed by atoms with Crippen molar-refractivity contribution in [3.8, 4) is 5.75 Å². The standard InChI is InChI=1S/C22H25N3O2/c1-16-8-9-18-17(14-16)15-20(23(18)2)22(26)25-12-10-24(11-13-25)19-6-4-5-7-21(19)27-3/h4-9,14-15H,10-13H2,1-3H3. The Hall–Kier alpha value is -2.95. The van der Waals surface area contributed by atoms with E-state index in [0.717, 1.165) is 41.1 Å². The molecule has 4 rings (SSSR count). The van der Waals surface area contributed by atoms with E-state index in [1.165, 1.54) is 5.56 Å². The third kappa shape index (κ3) is 3.14. The molecule has 0 radical (unpaired) electrons. The van der Waals surface area contributed by atoms with E-state index in [-0.39, 0.29) is 5.91 Å². The van der Waals surface area contributed by atoms with E-state index in [0.29, 0.717) is 13.1 Å². The van der Waals surface area contributed by atoms with Crippen molar-refractivity contribution in [3.63, 3.8) is 0 Å². The van der Waals surface area contributed by atoms with Crippen LogP contribution in [0.4, 0.5) is 5.69 Å². The molecule has 5 nitrogen and oxygen atoms in total. The Morgan fingerprint density at radius 1 is 1.00 bits per heavy atom. The maximum Gasteiger partial charge on any atom is 0.270 e. The first-order valence-corrected chi connectivity index (χ1v) is 9.32. The highest BCUT2D eigenvalue weighted by molar-refractivity contribution is 5.99. The van der Waals surface area contributed by atoms with E-state index < -0.39 is 0 Å². The van der Waals surface area contributed by atoms with Crippen LogP contribution in [-0.4, -0.2) is 48.7 Å². The van der Waals surface area contributed by atoms with Crippen molar-refractivity contribution >= 4 is 22.5 Å². The van der Waals surface area contributed by atoms with Gasteiger partial charge in [-0.2, -0.15) is 0 Å². The summed E-state index contributed by atoms with van der Waals surface area (Å²) >= 11 is 0. The molecule has 1 aliphatic rings. The fourth-order valence-corrected chi connectivity index (χ4v) is 3.88. The minimum Gasteiger partial charge on any atom is -0.495 e. The number of anilines is 1. The summed E-state index contributed by atoms with van der Waals surface area (Å²) in [6.45, 7) is 5.09. The lowest BCUT2D eigenvalue weighted by Gasteiger charge is -2.36. The normalized spacial score (nSPS) is 14.6. The van der Waals surface area contributed by atoms with Crippen molar-refractivity contribution in [3.05, 3.63) is 59.8 Å². The molecule has 1 saturated heterocycles. The average Bonchev–Trinajstić information content (AvgIpc) is 3.03. The largest absolute Gasteiger partial charge is 0.495 e. The summed E-state index contributed by atoms with van der Waals surface area (Å²) < 4.78 is 7.48. The van der Waals surface area contributed by atoms with Gasteiger partial charge in [-0.05, 0) is 37.3 Å². The van der Waals surface area contributed by atoms with Gasteiger partial charge in [0.25, 0.3) is 5.91 Å². The van der Waals surface area contributed by atoms with Crippen molar-refractivity contribution in [1.29, 1.82) is 0 Å². The van der Waals surface area contributed by atoms with Gasteiger partial charge < -0.3 is 19.1 Å². The molecule has 0 bridgehead atoms. The summed E-state index contributed by atoms with van der Waals surface area (Å²) in [4.78, 5) is 17.3. The average molecular weight is 363 g/mol. The van der Waals surface area contributed by atoms with Crippen LogP contribution in [0, 0.1) is 6.92 Å². The van der Waals surface area contributed by atoms with Crippen LogP contribution in [0.2, 0.25) is 0 Å². The van der Waals surface area contributed by atoms with Crippen LogP contribution in [0.3, 0.4) is 0 Å². The molecule has 0 spiro atoms. The summed E-state index contributed by atoms with van der Waals surface area (Å²) in [6.07, 6.45) is 0. The molecule has 140 valence electrons. The van der Waals surface area contributed by atoms with E-state index in [2.05, 4.69) is 36.1 Å². The van der Waals surface area contributed by atoms with Crippen molar-refractivity contribution < 1.29 is 9.53 Å². The number of rotatable bonds is 3. The number of amides is 1. The molecule has 27 heavy (non-hydrogen) atoms. The van der Waals surface area contributed by atoms with Gasteiger partial charge in [-0.25, -0.2) is 0 Å². The fraction of sp³-hybridized carbons (Fsp3) is 0.318. The number of ether oxygens (including phenoxy) is 1. The highest BCUT2D eigenvalue weighted by atomic mass is 16.5. The molecule has 0 saturated carbocycles. The van der Waals surface area contributed by atoms with Crippen LogP contribution in [0.25, 0.3) is 10.9 Å². The van der Waals surface area contributed by atoms with Crippen LogP contribution in [0.1, 0.15) is 16.1 Å². The summed E-state index contributed by atoms with van der Waals surface area (Å²) in [5, 5.41) is 1.12. The number of hydrogen-bond donors (Lipinski definition) is 0. The van der Waals surface area contributed by atoms with Crippen molar-refractivity contribution in [2.24, 2.45) is 7.05 Å². The fourth-order valence-electron chi connectivity index (χ4n) is 3.88. The Morgan fingerprint density at radius 3 is 2.48 bits per heavy atom. The Bertz CT molecular complexity index is 984. The molecule has 1 fully saturated rings. The zero-order valence-corrected chi connectivity index (χ0v) is 16.1. The lowest BCUT2D eigenvalue weighted by molar-refractivity contribution is 0.0737. The van der Waals surface area contributed by atoms with Crippen molar-refractivity contribution in [2.75, 3.05) is 38.2 Å². The molecule has 2 aromatic carbocycles. The molecule has 3 aromatic rings. The van der Waals surface area contributed by atoms with Crippen LogP contribution in [-0.2, 0) is 7.05 Å². The van der Waals surface area contributed by atoms with Crippen LogP contribution >= 0.6 is 0 Å². The lowest BCUT2D eigenvalue weighted by atomic mass is 10.2. The van der Waals surface area contributed by atoms with Gasteiger partial charge >= 0.3 is 0 Å². The Labute approximate surface area is 159 Å². The molecule has 1 amide bonds. The monoisotopic (exact) mass is 363 g/mol. The number of carbonyl (C=O) groups excluding carboxylic acids is 1. The zero-order valence-electron chi connectivity index (χ0n) is 16.1. The van der Waals surface area contributed by atoms with Gasteiger partial charge in [0.15, 0.2) is 0 Å². The van der Waals surface area contributed by atoms with Gasteiger partial charge in [0.1, 0.15) is 11.4 Å². The van der Waals surface area contributed by atoms with Gasteiger partial charge in [-0.1, -0.05) is 23.8 Å². The molecule has 2 heterocycles. The second-order valence-electron chi connectivity index (χ2n) is 7.10. The third-order valence-electron chi connectivity index (χ3n) is 5.41. The summed E-state index contributed by atoms with van der Waals surface area (Å²) in [5.74, 6) is 0.979. The predicted molar refractivity (Wildman–Crippen MR) is 109 cm³/mol. The Kier molecular flexibility index (Phi) is 4.52. The molecule has 1 aliphatic heterocycles. The van der Waals surface area contributed by atoms with Gasteiger partial charge in [-0.3, -0.25) is 4.79 Å².